The zero-order valence-corrected chi connectivity index (χ0v) is 6.17. The van der Waals surface area contributed by atoms with Gasteiger partial charge in [0.15, 0.2) is 0 Å². The predicted octanol–water partition coefficient (Wildman–Crippen LogP) is 0.862. The molecule has 1 aromatic rings. The number of aromatic amines is 1. The van der Waals surface area contributed by atoms with E-state index < -0.39 is 0 Å². The number of nitrogens with one attached hydrogen (secondary N) is 1. The lowest BCUT2D eigenvalue weighted by Crippen LogP contribution is -2.05. The molecule has 0 fully saturated rings. The molecule has 1 unspecified atom stereocenters. The first-order valence-electron chi connectivity index (χ1n) is 3.54. The highest BCUT2D eigenvalue weighted by molar-refractivity contribution is 4.94. The van der Waals surface area contributed by atoms with Gasteiger partial charge in [0.25, 0.3) is 0 Å². The molecule has 0 aromatic carbocycles. The molecule has 56 valence electrons. The van der Waals surface area contributed by atoms with Gasteiger partial charge in [0.1, 0.15) is 5.82 Å². The van der Waals surface area contributed by atoms with Crippen molar-refractivity contribution in [3.63, 3.8) is 0 Å². The Morgan fingerprint density at radius 2 is 2.60 bits per heavy atom. The van der Waals surface area contributed by atoms with Crippen LogP contribution in [0.15, 0.2) is 12.4 Å². The summed E-state index contributed by atoms with van der Waals surface area (Å²) >= 11 is 0. The van der Waals surface area contributed by atoms with Crippen LogP contribution in [0.4, 0.5) is 0 Å². The Hall–Kier alpha value is -0.830. The minimum Gasteiger partial charge on any atom is -0.348 e. The van der Waals surface area contributed by atoms with Crippen molar-refractivity contribution in [2.45, 2.75) is 19.3 Å². The van der Waals surface area contributed by atoms with Gasteiger partial charge in [0, 0.05) is 18.3 Å². The molecule has 10 heavy (non-hydrogen) atoms. The van der Waals surface area contributed by atoms with E-state index in [0.29, 0.717) is 5.92 Å². The summed E-state index contributed by atoms with van der Waals surface area (Å²) in [4.78, 5) is 7.18. The first kappa shape index (κ1) is 7.28. The van der Waals surface area contributed by atoms with Crippen molar-refractivity contribution in [2.75, 3.05) is 6.54 Å². The van der Waals surface area contributed by atoms with Crippen LogP contribution in [-0.4, -0.2) is 16.5 Å². The number of aromatic nitrogens is 2. The average molecular weight is 139 g/mol. The number of imidazole rings is 1. The average Bonchev–Trinajstić information content (AvgIpc) is 2.38. The molecular formula is C7H13N3. The van der Waals surface area contributed by atoms with Crippen LogP contribution in [0.25, 0.3) is 0 Å². The van der Waals surface area contributed by atoms with Crippen LogP contribution in [0.3, 0.4) is 0 Å². The van der Waals surface area contributed by atoms with Gasteiger partial charge in [0.05, 0.1) is 0 Å². The molecule has 1 heterocycles. The summed E-state index contributed by atoms with van der Waals surface area (Å²) in [5.74, 6) is 1.49. The molecule has 0 radical (unpaired) electrons. The lowest BCUT2D eigenvalue weighted by atomic mass is 10.1. The Bertz CT molecular complexity index is 169. The molecule has 3 nitrogen and oxygen atoms in total. The smallest absolute Gasteiger partial charge is 0.108 e. The van der Waals surface area contributed by atoms with Crippen molar-refractivity contribution in [1.29, 1.82) is 0 Å². The van der Waals surface area contributed by atoms with Gasteiger partial charge < -0.3 is 10.7 Å². The highest BCUT2D eigenvalue weighted by atomic mass is 14.9. The van der Waals surface area contributed by atoms with Crippen LogP contribution in [0.1, 0.15) is 25.1 Å². The molecule has 0 aliphatic heterocycles. The quantitative estimate of drug-likeness (QED) is 0.652. The number of nitrogens with zero attached hydrogens (tertiary/aromatic N) is 1. The topological polar surface area (TPSA) is 54.7 Å². The maximum Gasteiger partial charge on any atom is 0.108 e. The second-order valence-corrected chi connectivity index (χ2v) is 2.45. The third kappa shape index (κ3) is 1.57. The van der Waals surface area contributed by atoms with E-state index in [9.17, 15) is 0 Å². The summed E-state index contributed by atoms with van der Waals surface area (Å²) in [6, 6.07) is 0. The van der Waals surface area contributed by atoms with E-state index in [2.05, 4.69) is 16.9 Å². The normalized spacial score (nSPS) is 13.4. The van der Waals surface area contributed by atoms with Gasteiger partial charge in [-0.15, -0.1) is 0 Å². The highest BCUT2D eigenvalue weighted by Gasteiger charge is 2.04. The summed E-state index contributed by atoms with van der Waals surface area (Å²) in [6.45, 7) is 2.84. The molecule has 3 heteroatoms. The second-order valence-electron chi connectivity index (χ2n) is 2.45. The molecular weight excluding hydrogens is 126 g/mol. The molecule has 0 bridgehead atoms. The molecule has 0 spiro atoms. The number of hydrogen-bond acceptors (Lipinski definition) is 2. The third-order valence-corrected chi connectivity index (χ3v) is 1.59. The van der Waals surface area contributed by atoms with Gasteiger partial charge in [-0.1, -0.05) is 6.92 Å². The van der Waals surface area contributed by atoms with E-state index >= 15 is 0 Å². The lowest BCUT2D eigenvalue weighted by Gasteiger charge is -2.04. The van der Waals surface area contributed by atoms with Crippen molar-refractivity contribution in [3.8, 4) is 0 Å². The van der Waals surface area contributed by atoms with Gasteiger partial charge in [-0.2, -0.15) is 0 Å². The Kier molecular flexibility index (Phi) is 2.45. The predicted molar refractivity (Wildman–Crippen MR) is 40.7 cm³/mol. The van der Waals surface area contributed by atoms with E-state index in [-0.39, 0.29) is 0 Å². The lowest BCUT2D eigenvalue weighted by molar-refractivity contribution is 0.655. The fourth-order valence-corrected chi connectivity index (χ4v) is 0.934. The van der Waals surface area contributed by atoms with Gasteiger partial charge in [-0.05, 0) is 13.0 Å². The van der Waals surface area contributed by atoms with Crippen molar-refractivity contribution in [3.05, 3.63) is 18.2 Å². The van der Waals surface area contributed by atoms with Crippen LogP contribution in [0.5, 0.6) is 0 Å². The summed E-state index contributed by atoms with van der Waals surface area (Å²) in [7, 11) is 0. The number of nitrogens with two attached hydrogens (primary N) is 1. The standard InChI is InChI=1S/C7H13N3/c1-6(2-3-8)7-9-4-5-10-7/h4-6H,2-3,8H2,1H3,(H,9,10). The monoisotopic (exact) mass is 139 g/mol. The summed E-state index contributed by atoms with van der Waals surface area (Å²) in [5.41, 5.74) is 5.39. The van der Waals surface area contributed by atoms with E-state index in [1.165, 1.54) is 0 Å². The van der Waals surface area contributed by atoms with Crippen molar-refractivity contribution >= 4 is 0 Å². The summed E-state index contributed by atoms with van der Waals surface area (Å²) in [6.07, 6.45) is 4.60. The SMILES string of the molecule is CC(CCN)c1ncc[nH]1. The molecule has 0 aliphatic rings. The van der Waals surface area contributed by atoms with E-state index in [4.69, 9.17) is 5.73 Å². The largest absolute Gasteiger partial charge is 0.348 e. The van der Waals surface area contributed by atoms with Gasteiger partial charge >= 0.3 is 0 Å². The number of H-pyrrole nitrogens is 1. The fraction of sp³-hybridized carbons (Fsp3) is 0.571. The van der Waals surface area contributed by atoms with Crippen LogP contribution >= 0.6 is 0 Å². The Morgan fingerprint density at radius 1 is 1.80 bits per heavy atom. The zero-order valence-electron chi connectivity index (χ0n) is 6.17. The maximum atomic E-state index is 5.39. The molecule has 0 saturated carbocycles. The zero-order chi connectivity index (χ0) is 7.40. The van der Waals surface area contributed by atoms with Crippen LogP contribution in [-0.2, 0) is 0 Å². The molecule has 0 aliphatic carbocycles. The van der Waals surface area contributed by atoms with Crippen LogP contribution in [0.2, 0.25) is 0 Å². The van der Waals surface area contributed by atoms with Gasteiger partial charge in [-0.25, -0.2) is 4.98 Å². The van der Waals surface area contributed by atoms with E-state index in [1.54, 1.807) is 6.20 Å². The van der Waals surface area contributed by atoms with Crippen molar-refractivity contribution in [1.82, 2.24) is 9.97 Å². The Morgan fingerprint density at radius 3 is 3.10 bits per heavy atom. The molecule has 0 amide bonds. The molecule has 1 atom stereocenters. The first-order valence-corrected chi connectivity index (χ1v) is 3.54. The van der Waals surface area contributed by atoms with Crippen molar-refractivity contribution < 1.29 is 0 Å². The van der Waals surface area contributed by atoms with Crippen LogP contribution in [0, 0.1) is 0 Å². The van der Waals surface area contributed by atoms with E-state index in [1.807, 2.05) is 6.20 Å². The minimum absolute atomic E-state index is 0.458. The summed E-state index contributed by atoms with van der Waals surface area (Å²) < 4.78 is 0. The van der Waals surface area contributed by atoms with Gasteiger partial charge in [-0.3, -0.25) is 0 Å². The highest BCUT2D eigenvalue weighted by Crippen LogP contribution is 2.11. The third-order valence-electron chi connectivity index (χ3n) is 1.59. The summed E-state index contributed by atoms with van der Waals surface area (Å²) in [5, 5.41) is 0. The maximum absolute atomic E-state index is 5.39. The molecule has 0 saturated heterocycles. The van der Waals surface area contributed by atoms with E-state index in [0.717, 1.165) is 18.8 Å². The molecule has 1 aromatic heterocycles. The fourth-order valence-electron chi connectivity index (χ4n) is 0.934. The van der Waals surface area contributed by atoms with Crippen LogP contribution < -0.4 is 5.73 Å². The Balaban J connectivity index is 2.50. The first-order chi connectivity index (χ1) is 4.84. The second kappa shape index (κ2) is 3.37. The van der Waals surface area contributed by atoms with Gasteiger partial charge in [0.2, 0.25) is 0 Å². The minimum atomic E-state index is 0.458. The van der Waals surface area contributed by atoms with Crippen molar-refractivity contribution in [2.24, 2.45) is 5.73 Å². The molecule has 1 rings (SSSR count). The number of hydrogen-bond donors (Lipinski definition) is 2. The Labute approximate surface area is 60.7 Å². The molecule has 3 N–H and O–H groups in total. The number of rotatable bonds is 3.